The zero-order chi connectivity index (χ0) is 16.9. The van der Waals surface area contributed by atoms with Crippen molar-refractivity contribution >= 4 is 44.4 Å². The fourth-order valence-electron chi connectivity index (χ4n) is 2.47. The van der Waals surface area contributed by atoms with E-state index in [1.165, 1.54) is 0 Å². The Bertz CT molecular complexity index is 870. The predicted molar refractivity (Wildman–Crippen MR) is 110 cm³/mol. The van der Waals surface area contributed by atoms with E-state index < -0.39 is 0 Å². The summed E-state index contributed by atoms with van der Waals surface area (Å²) in [6, 6.07) is 26.2. The van der Waals surface area contributed by atoms with Gasteiger partial charge in [-0.25, -0.2) is 0 Å². The number of thiocarbonyl (C=S) groups is 1. The molecule has 0 spiro atoms. The molecular formula is C21H16BrNS. The van der Waals surface area contributed by atoms with Crippen LogP contribution in [0.15, 0.2) is 89.9 Å². The van der Waals surface area contributed by atoms with E-state index in [9.17, 15) is 0 Å². The van der Waals surface area contributed by atoms with Crippen molar-refractivity contribution in [3.8, 4) is 0 Å². The minimum Gasteiger partial charge on any atom is -0.346 e. The molecule has 0 fully saturated rings. The minimum atomic E-state index is 0.685. The summed E-state index contributed by atoms with van der Waals surface area (Å²) in [6.45, 7) is 4.26. The number of nitrogens with one attached hydrogen (secondary N) is 1. The third-order valence-corrected chi connectivity index (χ3v) is 4.57. The number of anilines is 1. The highest BCUT2D eigenvalue weighted by molar-refractivity contribution is 9.10. The van der Waals surface area contributed by atoms with E-state index in [4.69, 9.17) is 12.2 Å². The Morgan fingerprint density at radius 3 is 2.04 bits per heavy atom. The summed E-state index contributed by atoms with van der Waals surface area (Å²) in [5.74, 6) is 0. The summed E-state index contributed by atoms with van der Waals surface area (Å²) in [5, 5.41) is 3.30. The monoisotopic (exact) mass is 393 g/mol. The summed E-state index contributed by atoms with van der Waals surface area (Å²) in [7, 11) is 0. The van der Waals surface area contributed by atoms with Crippen LogP contribution in [0.5, 0.6) is 0 Å². The SMILES string of the molecule is C=C(c1ccccc1)c1ccccc1C(=S)Nc1ccc(Br)cc1. The molecule has 3 rings (SSSR count). The summed E-state index contributed by atoms with van der Waals surface area (Å²) < 4.78 is 1.04. The molecular weight excluding hydrogens is 378 g/mol. The third-order valence-electron chi connectivity index (χ3n) is 3.72. The molecule has 3 aromatic rings. The van der Waals surface area contributed by atoms with Crippen LogP contribution in [0.25, 0.3) is 5.57 Å². The molecule has 0 heterocycles. The predicted octanol–water partition coefficient (Wildman–Crippen LogP) is 6.30. The van der Waals surface area contributed by atoms with Gasteiger partial charge < -0.3 is 5.32 Å². The largest absolute Gasteiger partial charge is 0.346 e. The van der Waals surface area contributed by atoms with Crippen molar-refractivity contribution in [2.24, 2.45) is 0 Å². The van der Waals surface area contributed by atoms with Gasteiger partial charge in [0, 0.05) is 15.7 Å². The van der Waals surface area contributed by atoms with Crippen molar-refractivity contribution in [2.75, 3.05) is 5.32 Å². The van der Waals surface area contributed by atoms with Crippen LogP contribution in [0.2, 0.25) is 0 Å². The van der Waals surface area contributed by atoms with Crippen molar-refractivity contribution in [1.29, 1.82) is 0 Å². The van der Waals surface area contributed by atoms with E-state index in [2.05, 4.69) is 46.0 Å². The molecule has 0 bridgehead atoms. The van der Waals surface area contributed by atoms with Gasteiger partial charge in [0.1, 0.15) is 4.99 Å². The highest BCUT2D eigenvalue weighted by atomic mass is 79.9. The fourth-order valence-corrected chi connectivity index (χ4v) is 3.03. The Hall–Kier alpha value is -2.23. The average Bonchev–Trinajstić information content (AvgIpc) is 2.63. The second-order valence-electron chi connectivity index (χ2n) is 5.35. The van der Waals surface area contributed by atoms with Crippen molar-refractivity contribution in [3.05, 3.63) is 107 Å². The molecule has 3 aromatic carbocycles. The number of hydrogen-bond donors (Lipinski definition) is 1. The number of rotatable bonds is 4. The molecule has 24 heavy (non-hydrogen) atoms. The van der Waals surface area contributed by atoms with Gasteiger partial charge in [-0.15, -0.1) is 0 Å². The summed E-state index contributed by atoms with van der Waals surface area (Å²) in [4.78, 5) is 0.685. The Balaban J connectivity index is 1.90. The lowest BCUT2D eigenvalue weighted by Crippen LogP contribution is -2.12. The van der Waals surface area contributed by atoms with Gasteiger partial charge in [-0.3, -0.25) is 0 Å². The van der Waals surface area contributed by atoms with Gasteiger partial charge in [0.05, 0.1) is 0 Å². The molecule has 0 amide bonds. The first-order chi connectivity index (χ1) is 11.6. The van der Waals surface area contributed by atoms with Crippen LogP contribution in [0.4, 0.5) is 5.69 Å². The quantitative estimate of drug-likeness (QED) is 0.522. The van der Waals surface area contributed by atoms with Crippen LogP contribution >= 0.6 is 28.1 Å². The first-order valence-corrected chi connectivity index (χ1v) is 8.76. The van der Waals surface area contributed by atoms with Gasteiger partial charge in [-0.2, -0.15) is 0 Å². The Labute approximate surface area is 156 Å². The van der Waals surface area contributed by atoms with Crippen LogP contribution in [0.1, 0.15) is 16.7 Å². The van der Waals surface area contributed by atoms with E-state index in [1.807, 2.05) is 60.7 Å². The average molecular weight is 394 g/mol. The smallest absolute Gasteiger partial charge is 0.111 e. The van der Waals surface area contributed by atoms with E-state index in [1.54, 1.807) is 0 Å². The molecule has 0 unspecified atom stereocenters. The highest BCUT2D eigenvalue weighted by Crippen LogP contribution is 2.26. The van der Waals surface area contributed by atoms with Crippen molar-refractivity contribution in [2.45, 2.75) is 0 Å². The molecule has 0 aliphatic rings. The molecule has 0 aliphatic carbocycles. The molecule has 1 N–H and O–H groups in total. The van der Waals surface area contributed by atoms with Crippen LogP contribution in [0.3, 0.4) is 0 Å². The summed E-state index contributed by atoms with van der Waals surface area (Å²) in [6.07, 6.45) is 0. The first-order valence-electron chi connectivity index (χ1n) is 7.56. The molecule has 1 nitrogen and oxygen atoms in total. The van der Waals surface area contributed by atoms with Crippen molar-refractivity contribution in [1.82, 2.24) is 0 Å². The molecule has 118 valence electrons. The third kappa shape index (κ3) is 3.81. The van der Waals surface area contributed by atoms with Crippen molar-refractivity contribution < 1.29 is 0 Å². The second kappa shape index (κ2) is 7.56. The van der Waals surface area contributed by atoms with Crippen LogP contribution < -0.4 is 5.32 Å². The maximum atomic E-state index is 5.63. The number of hydrogen-bond acceptors (Lipinski definition) is 1. The summed E-state index contributed by atoms with van der Waals surface area (Å²) in [5.41, 5.74) is 5.04. The molecule has 0 atom stereocenters. The Morgan fingerprint density at radius 2 is 1.38 bits per heavy atom. The second-order valence-corrected chi connectivity index (χ2v) is 6.68. The lowest BCUT2D eigenvalue weighted by atomic mass is 9.95. The molecule has 0 aromatic heterocycles. The van der Waals surface area contributed by atoms with E-state index in [0.29, 0.717) is 4.99 Å². The van der Waals surface area contributed by atoms with Gasteiger partial charge in [-0.05, 0) is 41.0 Å². The standard InChI is InChI=1S/C21H16BrNS/c1-15(16-7-3-2-4-8-16)19-9-5-6-10-20(19)21(24)23-18-13-11-17(22)12-14-18/h2-14H,1H2,(H,23,24). The highest BCUT2D eigenvalue weighted by Gasteiger charge is 2.11. The zero-order valence-electron chi connectivity index (χ0n) is 13.0. The first kappa shape index (κ1) is 16.6. The molecule has 0 saturated heterocycles. The maximum Gasteiger partial charge on any atom is 0.111 e. The van der Waals surface area contributed by atoms with Gasteiger partial charge in [0.25, 0.3) is 0 Å². The van der Waals surface area contributed by atoms with E-state index in [0.717, 1.165) is 32.4 Å². The number of benzene rings is 3. The van der Waals surface area contributed by atoms with E-state index in [-0.39, 0.29) is 0 Å². The number of halogens is 1. The topological polar surface area (TPSA) is 12.0 Å². The van der Waals surface area contributed by atoms with Gasteiger partial charge in [0.15, 0.2) is 0 Å². The fraction of sp³-hybridized carbons (Fsp3) is 0. The zero-order valence-corrected chi connectivity index (χ0v) is 15.4. The maximum absolute atomic E-state index is 5.63. The minimum absolute atomic E-state index is 0.685. The van der Waals surface area contributed by atoms with Gasteiger partial charge in [0.2, 0.25) is 0 Å². The van der Waals surface area contributed by atoms with Gasteiger partial charge >= 0.3 is 0 Å². The van der Waals surface area contributed by atoms with Crippen LogP contribution in [-0.4, -0.2) is 4.99 Å². The van der Waals surface area contributed by atoms with E-state index >= 15 is 0 Å². The molecule has 3 heteroatoms. The van der Waals surface area contributed by atoms with Crippen molar-refractivity contribution in [3.63, 3.8) is 0 Å². The molecule has 0 radical (unpaired) electrons. The lowest BCUT2D eigenvalue weighted by Gasteiger charge is -2.15. The molecule has 0 saturated carbocycles. The molecule has 0 aliphatic heterocycles. The normalized spacial score (nSPS) is 10.2. The lowest BCUT2D eigenvalue weighted by molar-refractivity contribution is 1.52. The van der Waals surface area contributed by atoms with Crippen LogP contribution in [0, 0.1) is 0 Å². The Kier molecular flexibility index (Phi) is 5.24. The van der Waals surface area contributed by atoms with Gasteiger partial charge in [-0.1, -0.05) is 89.3 Å². The summed E-state index contributed by atoms with van der Waals surface area (Å²) >= 11 is 9.07. The van der Waals surface area contributed by atoms with Crippen LogP contribution in [-0.2, 0) is 0 Å². The Morgan fingerprint density at radius 1 is 0.792 bits per heavy atom.